The van der Waals surface area contributed by atoms with Gasteiger partial charge in [0.25, 0.3) is 5.91 Å². The van der Waals surface area contributed by atoms with Crippen LogP contribution in [-0.4, -0.2) is 25.5 Å². The van der Waals surface area contributed by atoms with Gasteiger partial charge in [0.1, 0.15) is 0 Å². The molecule has 8 heteroatoms. The third kappa shape index (κ3) is 5.77. The average Bonchev–Trinajstić information content (AvgIpc) is 2.67. The molecule has 2 rings (SSSR count). The molecule has 0 saturated carbocycles. The van der Waals surface area contributed by atoms with E-state index in [9.17, 15) is 9.59 Å². The first kappa shape index (κ1) is 20.9. The predicted octanol–water partition coefficient (Wildman–Crippen LogP) is 3.79. The van der Waals surface area contributed by atoms with Crippen LogP contribution in [-0.2, 0) is 11.2 Å². The molecule has 0 fully saturated rings. The van der Waals surface area contributed by atoms with Crippen LogP contribution in [0.4, 0.5) is 0 Å². The molecule has 0 aliphatic rings. The van der Waals surface area contributed by atoms with E-state index < -0.39 is 11.8 Å². The van der Waals surface area contributed by atoms with Gasteiger partial charge in [0.05, 0.1) is 20.1 Å². The maximum Gasteiger partial charge on any atom is 0.269 e. The van der Waals surface area contributed by atoms with Crippen molar-refractivity contribution >= 4 is 35.0 Å². The standard InChI is InChI=1S/C19H20Cl2N2O4/c1-3-9-27-16-8-7-12(10-17(16)26-2)19(25)23-22-18(24)11-13-14(20)5-4-6-15(13)21/h4-8,10H,3,9,11H2,1-2H3,(H,22,24)(H,23,25). The molecule has 0 radical (unpaired) electrons. The lowest BCUT2D eigenvalue weighted by atomic mass is 10.1. The predicted molar refractivity (Wildman–Crippen MR) is 105 cm³/mol. The second-order valence-corrected chi connectivity index (χ2v) is 6.41. The number of rotatable bonds is 7. The van der Waals surface area contributed by atoms with Gasteiger partial charge in [0.2, 0.25) is 5.91 Å². The van der Waals surface area contributed by atoms with Crippen molar-refractivity contribution in [2.75, 3.05) is 13.7 Å². The molecule has 144 valence electrons. The molecule has 6 nitrogen and oxygen atoms in total. The molecule has 2 amide bonds. The van der Waals surface area contributed by atoms with E-state index in [4.69, 9.17) is 32.7 Å². The zero-order valence-electron chi connectivity index (χ0n) is 15.0. The lowest BCUT2D eigenvalue weighted by Crippen LogP contribution is -2.42. The summed E-state index contributed by atoms with van der Waals surface area (Å²) < 4.78 is 10.8. The monoisotopic (exact) mass is 410 g/mol. The van der Waals surface area contributed by atoms with Crippen LogP contribution in [0.25, 0.3) is 0 Å². The van der Waals surface area contributed by atoms with Crippen molar-refractivity contribution in [2.24, 2.45) is 0 Å². The number of benzene rings is 2. The van der Waals surface area contributed by atoms with E-state index in [-0.39, 0.29) is 6.42 Å². The third-order valence-corrected chi connectivity index (χ3v) is 4.31. The lowest BCUT2D eigenvalue weighted by Gasteiger charge is -2.12. The van der Waals surface area contributed by atoms with Crippen LogP contribution in [0.5, 0.6) is 11.5 Å². The molecule has 0 aliphatic carbocycles. The highest BCUT2D eigenvalue weighted by Gasteiger charge is 2.14. The molecule has 0 spiro atoms. The number of carbonyl (C=O) groups is 2. The average molecular weight is 411 g/mol. The van der Waals surface area contributed by atoms with E-state index in [0.717, 1.165) is 6.42 Å². The van der Waals surface area contributed by atoms with E-state index in [1.54, 1.807) is 30.3 Å². The summed E-state index contributed by atoms with van der Waals surface area (Å²) in [5, 5.41) is 0.771. The van der Waals surface area contributed by atoms with Crippen molar-refractivity contribution in [2.45, 2.75) is 19.8 Å². The van der Waals surface area contributed by atoms with E-state index in [2.05, 4.69) is 10.9 Å². The maximum absolute atomic E-state index is 12.3. The Morgan fingerprint density at radius 1 is 1.04 bits per heavy atom. The van der Waals surface area contributed by atoms with Crippen molar-refractivity contribution in [1.82, 2.24) is 10.9 Å². The van der Waals surface area contributed by atoms with E-state index in [0.29, 0.717) is 39.3 Å². The molecule has 0 aromatic heterocycles. The molecule has 0 saturated heterocycles. The molecule has 0 bridgehead atoms. The first-order valence-electron chi connectivity index (χ1n) is 8.29. The Morgan fingerprint density at radius 2 is 1.74 bits per heavy atom. The Hall–Kier alpha value is -2.44. The fraction of sp³-hybridized carbons (Fsp3) is 0.263. The number of nitrogens with one attached hydrogen (secondary N) is 2. The topological polar surface area (TPSA) is 76.7 Å². The number of methoxy groups -OCH3 is 1. The van der Waals surface area contributed by atoms with E-state index in [1.165, 1.54) is 13.2 Å². The second-order valence-electron chi connectivity index (χ2n) is 5.59. The van der Waals surface area contributed by atoms with Crippen LogP contribution in [0.3, 0.4) is 0 Å². The van der Waals surface area contributed by atoms with E-state index >= 15 is 0 Å². The number of hydrogen-bond acceptors (Lipinski definition) is 4. The summed E-state index contributed by atoms with van der Waals surface area (Å²) in [4.78, 5) is 24.3. The highest BCUT2D eigenvalue weighted by atomic mass is 35.5. The van der Waals surface area contributed by atoms with Crippen LogP contribution in [0.2, 0.25) is 10.0 Å². The van der Waals surface area contributed by atoms with Gasteiger partial charge in [-0.15, -0.1) is 0 Å². The van der Waals surface area contributed by atoms with Gasteiger partial charge in [-0.3, -0.25) is 20.4 Å². The molecule has 0 aliphatic heterocycles. The quantitative estimate of drug-likeness (QED) is 0.680. The summed E-state index contributed by atoms with van der Waals surface area (Å²) in [7, 11) is 1.49. The molecular weight excluding hydrogens is 391 g/mol. The largest absolute Gasteiger partial charge is 0.493 e. The van der Waals surface area contributed by atoms with Crippen LogP contribution in [0.15, 0.2) is 36.4 Å². The number of ether oxygens (including phenoxy) is 2. The van der Waals surface area contributed by atoms with Crippen molar-refractivity contribution in [3.05, 3.63) is 57.6 Å². The summed E-state index contributed by atoms with van der Waals surface area (Å²) in [5.41, 5.74) is 5.50. The Labute approximate surface area is 167 Å². The van der Waals surface area contributed by atoms with Gasteiger partial charge in [-0.25, -0.2) is 0 Å². The fourth-order valence-corrected chi connectivity index (χ4v) is 2.78. The highest BCUT2D eigenvalue weighted by molar-refractivity contribution is 6.36. The third-order valence-electron chi connectivity index (χ3n) is 3.60. The lowest BCUT2D eigenvalue weighted by molar-refractivity contribution is -0.121. The number of amides is 2. The van der Waals surface area contributed by atoms with Crippen LogP contribution in [0.1, 0.15) is 29.3 Å². The van der Waals surface area contributed by atoms with Crippen molar-refractivity contribution in [3.63, 3.8) is 0 Å². The summed E-state index contributed by atoms with van der Waals surface area (Å²) >= 11 is 12.1. The van der Waals surface area contributed by atoms with Gasteiger partial charge in [0, 0.05) is 15.6 Å². The zero-order valence-corrected chi connectivity index (χ0v) is 16.5. The Morgan fingerprint density at radius 3 is 2.37 bits per heavy atom. The van der Waals surface area contributed by atoms with Gasteiger partial charge in [-0.1, -0.05) is 36.2 Å². The minimum atomic E-state index is -0.492. The van der Waals surface area contributed by atoms with E-state index in [1.807, 2.05) is 6.92 Å². The van der Waals surface area contributed by atoms with Gasteiger partial charge in [-0.05, 0) is 42.3 Å². The molecule has 2 aromatic rings. The van der Waals surface area contributed by atoms with Crippen molar-refractivity contribution in [1.29, 1.82) is 0 Å². The summed E-state index contributed by atoms with van der Waals surface area (Å²) in [5.74, 6) is 0.0423. The smallest absolute Gasteiger partial charge is 0.269 e. The Kier molecular flexibility index (Phi) is 7.76. The highest BCUT2D eigenvalue weighted by Crippen LogP contribution is 2.28. The molecule has 0 unspecified atom stereocenters. The number of carbonyl (C=O) groups excluding carboxylic acids is 2. The zero-order chi connectivity index (χ0) is 19.8. The fourth-order valence-electron chi connectivity index (χ4n) is 2.24. The Balaban J connectivity index is 1.97. The molecule has 0 heterocycles. The summed E-state index contributed by atoms with van der Waals surface area (Å²) in [6, 6.07) is 9.74. The van der Waals surface area contributed by atoms with Crippen molar-refractivity contribution < 1.29 is 19.1 Å². The first-order chi connectivity index (χ1) is 13.0. The summed E-state index contributed by atoms with van der Waals surface area (Å²) in [6.45, 7) is 2.54. The normalized spacial score (nSPS) is 10.2. The summed E-state index contributed by atoms with van der Waals surface area (Å²) in [6.07, 6.45) is 0.790. The molecule has 0 atom stereocenters. The Bertz CT molecular complexity index is 807. The maximum atomic E-state index is 12.3. The van der Waals surface area contributed by atoms with Gasteiger partial charge in [-0.2, -0.15) is 0 Å². The van der Waals surface area contributed by atoms with Gasteiger partial charge in [0.15, 0.2) is 11.5 Å². The minimum absolute atomic E-state index is 0.0636. The minimum Gasteiger partial charge on any atom is -0.493 e. The molecule has 2 aromatic carbocycles. The number of hydrogen-bond donors (Lipinski definition) is 2. The van der Waals surface area contributed by atoms with Gasteiger partial charge < -0.3 is 9.47 Å². The second kappa shape index (κ2) is 10.0. The number of hydrazine groups is 1. The van der Waals surface area contributed by atoms with Crippen LogP contribution in [0, 0.1) is 0 Å². The first-order valence-corrected chi connectivity index (χ1v) is 9.04. The molecule has 2 N–H and O–H groups in total. The van der Waals surface area contributed by atoms with Crippen LogP contribution < -0.4 is 20.3 Å². The molecule has 27 heavy (non-hydrogen) atoms. The van der Waals surface area contributed by atoms with Gasteiger partial charge >= 0.3 is 0 Å². The number of halogens is 2. The van der Waals surface area contributed by atoms with Crippen molar-refractivity contribution in [3.8, 4) is 11.5 Å². The SMILES string of the molecule is CCCOc1ccc(C(=O)NNC(=O)Cc2c(Cl)cccc2Cl)cc1OC. The van der Waals surface area contributed by atoms with Crippen LogP contribution >= 0.6 is 23.2 Å². The molecular formula is C19H20Cl2N2O4.